The predicted octanol–water partition coefficient (Wildman–Crippen LogP) is 5.47. The highest BCUT2D eigenvalue weighted by Gasteiger charge is 2.22. The summed E-state index contributed by atoms with van der Waals surface area (Å²) < 4.78 is 7.28. The van der Waals surface area contributed by atoms with E-state index in [1.165, 1.54) is 11.8 Å². The van der Waals surface area contributed by atoms with Crippen LogP contribution in [0.5, 0.6) is 0 Å². The van der Waals surface area contributed by atoms with Gasteiger partial charge in [0.15, 0.2) is 11.0 Å². The van der Waals surface area contributed by atoms with Gasteiger partial charge in [0, 0.05) is 29.4 Å². The van der Waals surface area contributed by atoms with E-state index in [2.05, 4.69) is 45.6 Å². The lowest BCUT2D eigenvalue weighted by molar-refractivity contribution is -0.113. The first-order chi connectivity index (χ1) is 16.2. The SMILES string of the molecule is CC(C)c1ccccc1-n1c(SCC(=O)Nc2cc(C(C)(C)C)no2)nnc1-c1cccnc1. The van der Waals surface area contributed by atoms with Gasteiger partial charge in [0.25, 0.3) is 0 Å². The molecule has 3 heterocycles. The van der Waals surface area contributed by atoms with Gasteiger partial charge in [-0.1, -0.05) is 69.7 Å². The Bertz CT molecular complexity index is 1270. The summed E-state index contributed by atoms with van der Waals surface area (Å²) in [7, 11) is 0. The van der Waals surface area contributed by atoms with Gasteiger partial charge in [-0.25, -0.2) is 0 Å². The first-order valence-corrected chi connectivity index (χ1v) is 12.1. The highest BCUT2D eigenvalue weighted by molar-refractivity contribution is 7.99. The van der Waals surface area contributed by atoms with Crippen LogP contribution in [0.25, 0.3) is 17.1 Å². The summed E-state index contributed by atoms with van der Waals surface area (Å²) >= 11 is 1.31. The van der Waals surface area contributed by atoms with E-state index < -0.39 is 0 Å². The van der Waals surface area contributed by atoms with Crippen molar-refractivity contribution in [1.29, 1.82) is 0 Å². The van der Waals surface area contributed by atoms with E-state index in [-0.39, 0.29) is 17.1 Å². The molecule has 3 aromatic heterocycles. The Morgan fingerprint density at radius 1 is 1.15 bits per heavy atom. The van der Waals surface area contributed by atoms with Crippen LogP contribution in [0.2, 0.25) is 0 Å². The number of carbonyl (C=O) groups excluding carboxylic acids is 1. The molecule has 4 aromatic rings. The average Bonchev–Trinajstić information content (AvgIpc) is 3.45. The third kappa shape index (κ3) is 5.20. The fourth-order valence-electron chi connectivity index (χ4n) is 3.43. The second-order valence-electron chi connectivity index (χ2n) is 9.26. The Kier molecular flexibility index (Phi) is 6.83. The Balaban J connectivity index is 1.61. The van der Waals surface area contributed by atoms with Gasteiger partial charge < -0.3 is 4.52 Å². The Hall–Kier alpha value is -3.46. The Labute approximate surface area is 203 Å². The number of amides is 1. The number of carbonyl (C=O) groups is 1. The molecule has 0 aliphatic rings. The van der Waals surface area contributed by atoms with Crippen molar-refractivity contribution in [3.8, 4) is 17.1 Å². The molecule has 0 atom stereocenters. The molecular formula is C25H28N6O2S. The average molecular weight is 477 g/mol. The summed E-state index contributed by atoms with van der Waals surface area (Å²) in [6, 6.07) is 13.7. The third-order valence-electron chi connectivity index (χ3n) is 5.23. The van der Waals surface area contributed by atoms with E-state index in [1.807, 2.05) is 55.7 Å². The molecule has 0 radical (unpaired) electrons. The zero-order valence-corrected chi connectivity index (χ0v) is 20.8. The van der Waals surface area contributed by atoms with E-state index >= 15 is 0 Å². The van der Waals surface area contributed by atoms with Crippen LogP contribution in [0.3, 0.4) is 0 Å². The van der Waals surface area contributed by atoms with E-state index in [9.17, 15) is 4.79 Å². The van der Waals surface area contributed by atoms with Crippen molar-refractivity contribution >= 4 is 23.6 Å². The number of pyridine rings is 1. The summed E-state index contributed by atoms with van der Waals surface area (Å²) in [5.41, 5.74) is 3.61. The summed E-state index contributed by atoms with van der Waals surface area (Å²) in [6.45, 7) is 10.4. The first-order valence-electron chi connectivity index (χ1n) is 11.1. The largest absolute Gasteiger partial charge is 0.338 e. The molecule has 0 fully saturated rings. The smallest absolute Gasteiger partial charge is 0.237 e. The fourth-order valence-corrected chi connectivity index (χ4v) is 4.18. The van der Waals surface area contributed by atoms with Crippen molar-refractivity contribution in [2.75, 3.05) is 11.1 Å². The number of anilines is 1. The number of para-hydroxylation sites is 1. The van der Waals surface area contributed by atoms with Crippen molar-refractivity contribution in [1.82, 2.24) is 24.9 Å². The second-order valence-corrected chi connectivity index (χ2v) is 10.2. The molecule has 0 aliphatic carbocycles. The van der Waals surface area contributed by atoms with Crippen LogP contribution < -0.4 is 5.32 Å². The lowest BCUT2D eigenvalue weighted by atomic mass is 9.92. The molecular weight excluding hydrogens is 448 g/mol. The van der Waals surface area contributed by atoms with Gasteiger partial charge in [-0.3, -0.25) is 19.7 Å². The lowest BCUT2D eigenvalue weighted by Crippen LogP contribution is -2.14. The minimum Gasteiger partial charge on any atom is -0.338 e. The first kappa shape index (κ1) is 23.7. The number of nitrogens with one attached hydrogen (secondary N) is 1. The van der Waals surface area contributed by atoms with Crippen LogP contribution in [0, 0.1) is 0 Å². The fraction of sp³-hybridized carbons (Fsp3) is 0.320. The zero-order chi connectivity index (χ0) is 24.3. The molecule has 9 heteroatoms. The van der Waals surface area contributed by atoms with E-state index in [0.29, 0.717) is 22.8 Å². The summed E-state index contributed by atoms with van der Waals surface area (Å²) in [6.07, 6.45) is 3.48. The molecule has 0 saturated carbocycles. The molecule has 0 unspecified atom stereocenters. The summed E-state index contributed by atoms with van der Waals surface area (Å²) in [5, 5.41) is 16.3. The summed E-state index contributed by atoms with van der Waals surface area (Å²) in [4.78, 5) is 16.9. The van der Waals surface area contributed by atoms with Crippen molar-refractivity contribution in [3.05, 3.63) is 66.1 Å². The molecule has 4 rings (SSSR count). The molecule has 1 N–H and O–H groups in total. The van der Waals surface area contributed by atoms with E-state index in [0.717, 1.165) is 22.5 Å². The molecule has 176 valence electrons. The molecule has 0 saturated heterocycles. The predicted molar refractivity (Wildman–Crippen MR) is 133 cm³/mol. The van der Waals surface area contributed by atoms with Crippen molar-refractivity contribution in [3.63, 3.8) is 0 Å². The zero-order valence-electron chi connectivity index (χ0n) is 19.9. The quantitative estimate of drug-likeness (QED) is 0.353. The lowest BCUT2D eigenvalue weighted by Gasteiger charge is -2.16. The van der Waals surface area contributed by atoms with Crippen LogP contribution >= 0.6 is 11.8 Å². The highest BCUT2D eigenvalue weighted by Crippen LogP contribution is 2.32. The van der Waals surface area contributed by atoms with Crippen LogP contribution in [0.1, 0.15) is 51.8 Å². The van der Waals surface area contributed by atoms with Gasteiger partial charge in [-0.05, 0) is 29.7 Å². The maximum atomic E-state index is 12.7. The summed E-state index contributed by atoms with van der Waals surface area (Å²) in [5.74, 6) is 1.23. The monoisotopic (exact) mass is 476 g/mol. The van der Waals surface area contributed by atoms with Crippen LogP contribution in [0.15, 0.2) is 64.5 Å². The van der Waals surface area contributed by atoms with Crippen molar-refractivity contribution in [2.45, 2.75) is 51.1 Å². The maximum absolute atomic E-state index is 12.7. The second kappa shape index (κ2) is 9.80. The number of aromatic nitrogens is 5. The van der Waals surface area contributed by atoms with Crippen LogP contribution in [-0.4, -0.2) is 36.6 Å². The number of nitrogens with zero attached hydrogens (tertiary/aromatic N) is 5. The molecule has 0 spiro atoms. The molecule has 1 aromatic carbocycles. The van der Waals surface area contributed by atoms with Gasteiger partial charge in [-0.15, -0.1) is 10.2 Å². The van der Waals surface area contributed by atoms with Crippen molar-refractivity contribution in [2.24, 2.45) is 0 Å². The molecule has 0 aliphatic heterocycles. The minimum atomic E-state index is -0.212. The maximum Gasteiger partial charge on any atom is 0.237 e. The van der Waals surface area contributed by atoms with Crippen LogP contribution in [-0.2, 0) is 10.2 Å². The topological polar surface area (TPSA) is 98.7 Å². The number of rotatable bonds is 7. The van der Waals surface area contributed by atoms with E-state index in [4.69, 9.17) is 4.52 Å². The third-order valence-corrected chi connectivity index (χ3v) is 6.16. The number of hydrogen-bond acceptors (Lipinski definition) is 7. The van der Waals surface area contributed by atoms with Gasteiger partial charge in [-0.2, -0.15) is 0 Å². The molecule has 0 bridgehead atoms. The number of benzene rings is 1. The highest BCUT2D eigenvalue weighted by atomic mass is 32.2. The van der Waals surface area contributed by atoms with Crippen molar-refractivity contribution < 1.29 is 9.32 Å². The minimum absolute atomic E-state index is 0.139. The standard InChI is InChI=1S/C25H28N6O2S/c1-16(2)18-10-6-7-11-19(18)31-23(17-9-8-12-26-14-17)28-29-24(31)34-15-21(32)27-22-13-20(30-33-22)25(3,4)5/h6-14,16H,15H2,1-5H3,(H,27,32). The molecule has 8 nitrogen and oxygen atoms in total. The number of hydrogen-bond donors (Lipinski definition) is 1. The van der Waals surface area contributed by atoms with Crippen LogP contribution in [0.4, 0.5) is 5.88 Å². The normalized spacial score (nSPS) is 11.7. The van der Waals surface area contributed by atoms with Gasteiger partial charge in [0.2, 0.25) is 11.8 Å². The Morgan fingerprint density at radius 3 is 2.62 bits per heavy atom. The van der Waals surface area contributed by atoms with Gasteiger partial charge >= 0.3 is 0 Å². The van der Waals surface area contributed by atoms with Gasteiger partial charge in [0.05, 0.1) is 17.1 Å². The Morgan fingerprint density at radius 2 is 1.94 bits per heavy atom. The van der Waals surface area contributed by atoms with Gasteiger partial charge in [0.1, 0.15) is 0 Å². The van der Waals surface area contributed by atoms with E-state index in [1.54, 1.807) is 18.5 Å². The number of thioether (sulfide) groups is 1. The molecule has 1 amide bonds. The molecule has 34 heavy (non-hydrogen) atoms.